The molecular formula is C11H9F3N4O2. The number of benzene rings is 1. The molecule has 1 aliphatic heterocycles. The number of amides is 1. The molecule has 1 aromatic rings. The van der Waals surface area contributed by atoms with E-state index in [2.05, 4.69) is 14.9 Å². The van der Waals surface area contributed by atoms with Crippen molar-refractivity contribution in [3.8, 4) is 0 Å². The molecule has 1 N–H and O–H groups in total. The minimum Gasteiger partial charge on any atom is -0.450 e. The number of hydrogen-bond acceptors (Lipinski definition) is 5. The Hall–Kier alpha value is -2.58. The molecule has 1 aliphatic rings. The number of carbonyl (C=O) groups is 1. The van der Waals surface area contributed by atoms with Crippen molar-refractivity contribution in [1.29, 1.82) is 0 Å². The third kappa shape index (κ3) is 2.71. The zero-order chi connectivity index (χ0) is 14.8. The maximum absolute atomic E-state index is 12.9. The number of nitrogens with one attached hydrogen (secondary N) is 1. The number of alkyl halides is 3. The zero-order valence-electron chi connectivity index (χ0n) is 10.2. The molecule has 0 radical (unpaired) electrons. The lowest BCUT2D eigenvalue weighted by Gasteiger charge is -2.23. The van der Waals surface area contributed by atoms with Crippen molar-refractivity contribution in [3.05, 3.63) is 35.9 Å². The number of methoxy groups -OCH3 is 1. The molecule has 0 aliphatic carbocycles. The summed E-state index contributed by atoms with van der Waals surface area (Å²) in [5.74, 6) is 0. The quantitative estimate of drug-likeness (QED) is 0.857. The average Bonchev–Trinajstić information content (AvgIpc) is 2.45. The predicted octanol–water partition coefficient (Wildman–Crippen LogP) is 1.90. The highest BCUT2D eigenvalue weighted by Crippen LogP contribution is 2.22. The van der Waals surface area contributed by atoms with Crippen molar-refractivity contribution in [1.82, 2.24) is 10.7 Å². The van der Waals surface area contributed by atoms with E-state index in [1.165, 1.54) is 12.1 Å². The monoisotopic (exact) mass is 286 g/mol. The third-order valence-electron chi connectivity index (χ3n) is 2.34. The highest BCUT2D eigenvalue weighted by atomic mass is 19.4. The first-order valence-corrected chi connectivity index (χ1v) is 5.36. The van der Waals surface area contributed by atoms with E-state index < -0.39 is 23.7 Å². The molecule has 2 rings (SSSR count). The van der Waals surface area contributed by atoms with E-state index in [4.69, 9.17) is 0 Å². The summed E-state index contributed by atoms with van der Waals surface area (Å²) >= 11 is 0. The summed E-state index contributed by atoms with van der Waals surface area (Å²) in [6, 6.07) is 7.61. The molecule has 1 heterocycles. The van der Waals surface area contributed by atoms with Crippen LogP contribution in [0.3, 0.4) is 0 Å². The summed E-state index contributed by atoms with van der Waals surface area (Å²) in [6.45, 7) is 0. The zero-order valence-corrected chi connectivity index (χ0v) is 10.2. The first-order valence-electron chi connectivity index (χ1n) is 5.36. The molecule has 0 saturated heterocycles. The van der Waals surface area contributed by atoms with Gasteiger partial charge in [0, 0.05) is 5.56 Å². The molecule has 0 fully saturated rings. The Balaban J connectivity index is 2.45. The van der Waals surface area contributed by atoms with Gasteiger partial charge in [0.25, 0.3) is 0 Å². The van der Waals surface area contributed by atoms with Crippen LogP contribution in [0.2, 0.25) is 0 Å². The largest absolute Gasteiger partial charge is 0.451 e. The van der Waals surface area contributed by atoms with Gasteiger partial charge in [0.15, 0.2) is 5.71 Å². The standard InChI is InChI=1S/C11H9F3N4O2/c1-20-10(19)18-16-8(7-5-3-2-4-6-7)9(15-17-18)11(12,13)14/h2-6,17H,1H3. The van der Waals surface area contributed by atoms with Crippen molar-refractivity contribution < 1.29 is 22.7 Å². The van der Waals surface area contributed by atoms with Crippen LogP contribution in [0.5, 0.6) is 0 Å². The third-order valence-corrected chi connectivity index (χ3v) is 2.34. The van der Waals surface area contributed by atoms with Gasteiger partial charge in [0.2, 0.25) is 0 Å². The van der Waals surface area contributed by atoms with Crippen LogP contribution in [0.4, 0.5) is 18.0 Å². The van der Waals surface area contributed by atoms with Crippen LogP contribution in [-0.4, -0.2) is 35.9 Å². The van der Waals surface area contributed by atoms with Crippen molar-refractivity contribution in [3.63, 3.8) is 0 Å². The minimum atomic E-state index is -4.70. The molecule has 1 aromatic carbocycles. The van der Waals surface area contributed by atoms with Crippen molar-refractivity contribution in [2.24, 2.45) is 10.2 Å². The number of hydrazone groups is 2. The van der Waals surface area contributed by atoms with E-state index in [-0.39, 0.29) is 5.56 Å². The number of rotatable bonds is 1. The van der Waals surface area contributed by atoms with Gasteiger partial charge in [-0.2, -0.15) is 23.8 Å². The molecule has 9 heteroatoms. The van der Waals surface area contributed by atoms with Gasteiger partial charge in [-0.3, -0.25) is 0 Å². The average molecular weight is 286 g/mol. The normalized spacial score (nSPS) is 15.1. The van der Waals surface area contributed by atoms with Crippen LogP contribution >= 0.6 is 0 Å². The Kier molecular flexibility index (Phi) is 3.59. The van der Waals surface area contributed by atoms with Gasteiger partial charge >= 0.3 is 12.3 Å². The van der Waals surface area contributed by atoms with Gasteiger partial charge in [-0.25, -0.2) is 4.79 Å². The van der Waals surface area contributed by atoms with Crippen LogP contribution in [-0.2, 0) is 4.74 Å². The maximum atomic E-state index is 12.9. The van der Waals surface area contributed by atoms with Gasteiger partial charge in [0.05, 0.1) is 7.11 Å². The van der Waals surface area contributed by atoms with Crippen LogP contribution in [0.15, 0.2) is 40.5 Å². The molecule has 1 amide bonds. The molecule has 106 valence electrons. The number of hydrazine groups is 1. The number of carbonyl (C=O) groups excluding carboxylic acids is 1. The Bertz CT molecular complexity index is 569. The molecule has 0 aromatic heterocycles. The lowest BCUT2D eigenvalue weighted by atomic mass is 10.1. The molecule has 0 saturated carbocycles. The highest BCUT2D eigenvalue weighted by Gasteiger charge is 2.42. The van der Waals surface area contributed by atoms with E-state index in [1.807, 2.05) is 5.53 Å². The first kappa shape index (κ1) is 13.8. The summed E-state index contributed by atoms with van der Waals surface area (Å²) in [6.07, 6.45) is -5.69. The van der Waals surface area contributed by atoms with E-state index in [0.29, 0.717) is 5.12 Å². The number of nitrogens with zero attached hydrogens (tertiary/aromatic N) is 3. The summed E-state index contributed by atoms with van der Waals surface area (Å²) in [7, 11) is 1.07. The van der Waals surface area contributed by atoms with E-state index in [1.54, 1.807) is 18.2 Å². The number of halogens is 3. The summed E-state index contributed by atoms with van der Waals surface area (Å²) in [4.78, 5) is 11.3. The highest BCUT2D eigenvalue weighted by molar-refractivity contribution is 6.50. The van der Waals surface area contributed by atoms with E-state index in [0.717, 1.165) is 7.11 Å². The molecule has 0 spiro atoms. The topological polar surface area (TPSA) is 66.3 Å². The molecule has 0 unspecified atom stereocenters. The molecular weight excluding hydrogens is 277 g/mol. The first-order chi connectivity index (χ1) is 9.43. The second-order valence-corrected chi connectivity index (χ2v) is 3.65. The van der Waals surface area contributed by atoms with E-state index >= 15 is 0 Å². The Labute approximate surface area is 111 Å². The van der Waals surface area contributed by atoms with Gasteiger partial charge in [-0.1, -0.05) is 35.4 Å². The smallest absolute Gasteiger partial charge is 0.450 e. The molecule has 0 bridgehead atoms. The number of ether oxygens (including phenoxy) is 1. The SMILES string of the molecule is COC(=O)N1N=C(c2ccccc2)C(C(F)(F)F)=NN1. The van der Waals surface area contributed by atoms with Gasteiger partial charge in [-0.05, 0) is 0 Å². The van der Waals surface area contributed by atoms with Crippen molar-refractivity contribution in [2.45, 2.75) is 6.18 Å². The fraction of sp³-hybridized carbons (Fsp3) is 0.182. The second kappa shape index (κ2) is 5.19. The maximum Gasteiger partial charge on any atom is 0.451 e. The summed E-state index contributed by atoms with van der Waals surface area (Å²) in [5.41, 5.74) is 0.356. The van der Waals surface area contributed by atoms with Gasteiger partial charge in [-0.15, -0.1) is 5.10 Å². The van der Waals surface area contributed by atoms with Gasteiger partial charge in [0.1, 0.15) is 5.71 Å². The molecule has 20 heavy (non-hydrogen) atoms. The summed E-state index contributed by atoms with van der Waals surface area (Å²) < 4.78 is 43.1. The predicted molar refractivity (Wildman–Crippen MR) is 63.8 cm³/mol. The molecule has 6 nitrogen and oxygen atoms in total. The van der Waals surface area contributed by atoms with Crippen LogP contribution in [0.1, 0.15) is 5.56 Å². The second-order valence-electron chi connectivity index (χ2n) is 3.65. The Morgan fingerprint density at radius 1 is 1.30 bits per heavy atom. The molecule has 0 atom stereocenters. The lowest BCUT2D eigenvalue weighted by Crippen LogP contribution is -2.46. The van der Waals surface area contributed by atoms with Crippen LogP contribution in [0.25, 0.3) is 0 Å². The Morgan fingerprint density at radius 2 is 1.95 bits per heavy atom. The Morgan fingerprint density at radius 3 is 2.50 bits per heavy atom. The van der Waals surface area contributed by atoms with Crippen molar-refractivity contribution in [2.75, 3.05) is 7.11 Å². The lowest BCUT2D eigenvalue weighted by molar-refractivity contribution is -0.0581. The van der Waals surface area contributed by atoms with Gasteiger partial charge < -0.3 is 4.74 Å². The minimum absolute atomic E-state index is 0.180. The van der Waals surface area contributed by atoms with Crippen LogP contribution in [0, 0.1) is 0 Å². The fourth-order valence-electron chi connectivity index (χ4n) is 1.48. The van der Waals surface area contributed by atoms with Crippen LogP contribution < -0.4 is 5.53 Å². The van der Waals surface area contributed by atoms with Crippen molar-refractivity contribution >= 4 is 17.5 Å². The summed E-state index contributed by atoms with van der Waals surface area (Å²) in [5, 5.41) is 7.21. The van der Waals surface area contributed by atoms with E-state index in [9.17, 15) is 18.0 Å². The number of hydrogen-bond donors (Lipinski definition) is 1. The fourth-order valence-corrected chi connectivity index (χ4v) is 1.48.